The largest absolute Gasteiger partial charge is 0.416 e. The Bertz CT molecular complexity index is 1150. The van der Waals surface area contributed by atoms with E-state index in [-0.39, 0.29) is 44.2 Å². The molecule has 3 fully saturated rings. The van der Waals surface area contributed by atoms with Gasteiger partial charge in [-0.2, -0.15) is 30.2 Å². The molecule has 4 rings (SSSR count). The summed E-state index contributed by atoms with van der Waals surface area (Å²) in [6.45, 7) is 1.72. The number of hydrogen-bond donors (Lipinski definition) is 2. The van der Waals surface area contributed by atoms with Gasteiger partial charge in [0.15, 0.2) is 0 Å². The normalized spacial score (nSPS) is 25.1. The van der Waals surface area contributed by atoms with Crippen molar-refractivity contribution in [2.45, 2.75) is 57.0 Å². The first-order valence-electron chi connectivity index (χ1n) is 12.1. The number of β-amino-alcohol motifs (C(OH)–C–C–N with tert-alkyl or cyclic N) is 1. The lowest BCUT2D eigenvalue weighted by Gasteiger charge is -2.46. The molecule has 9 nitrogen and oxygen atoms in total. The van der Waals surface area contributed by atoms with Crippen molar-refractivity contribution in [1.82, 2.24) is 18.8 Å². The van der Waals surface area contributed by atoms with Crippen LogP contribution in [0, 0.1) is 11.7 Å². The highest BCUT2D eigenvalue weighted by molar-refractivity contribution is 7.86. The standard InChI is InChI=1S/C23H30F4N4O5S/c1-22(34)13-30(14-22)37(35,36)29-8-2-4-16(12-29)21(33)31-9-3-5-19(31)20(32)28-11-15-6-7-17(10-18(15)24)23(25,26)27/h6-7,10,16,19,34H,2-5,8-9,11-14H2,1H3,(H,28,32)/t16-,19+/m0/s1. The zero-order chi connectivity index (χ0) is 27.2. The van der Waals surface area contributed by atoms with Gasteiger partial charge in [-0.25, -0.2) is 4.39 Å². The van der Waals surface area contributed by atoms with E-state index in [4.69, 9.17) is 0 Å². The van der Waals surface area contributed by atoms with Crippen LogP contribution in [0.4, 0.5) is 17.6 Å². The molecule has 1 aromatic carbocycles. The Morgan fingerprint density at radius 2 is 1.81 bits per heavy atom. The molecule has 2 atom stereocenters. The van der Waals surface area contributed by atoms with Crippen molar-refractivity contribution in [3.8, 4) is 0 Å². The highest BCUT2D eigenvalue weighted by atomic mass is 32.2. The minimum atomic E-state index is -4.68. The number of carbonyl (C=O) groups excluding carboxylic acids is 2. The summed E-state index contributed by atoms with van der Waals surface area (Å²) in [6.07, 6.45) is -2.83. The monoisotopic (exact) mass is 550 g/mol. The summed E-state index contributed by atoms with van der Waals surface area (Å²) in [5, 5.41) is 12.4. The van der Waals surface area contributed by atoms with Crippen LogP contribution in [0.15, 0.2) is 18.2 Å². The Balaban J connectivity index is 1.36. The lowest BCUT2D eigenvalue weighted by Crippen LogP contribution is -2.65. The Kier molecular flexibility index (Phi) is 7.58. The fourth-order valence-electron chi connectivity index (χ4n) is 5.10. The summed E-state index contributed by atoms with van der Waals surface area (Å²) in [5.74, 6) is -2.62. The fraction of sp³-hybridized carbons (Fsp3) is 0.652. The molecule has 3 saturated heterocycles. The van der Waals surface area contributed by atoms with Crippen LogP contribution in [0.1, 0.15) is 43.7 Å². The van der Waals surface area contributed by atoms with E-state index in [0.717, 1.165) is 12.1 Å². The zero-order valence-corrected chi connectivity index (χ0v) is 21.1. The smallest absolute Gasteiger partial charge is 0.387 e. The quantitative estimate of drug-likeness (QED) is 0.522. The Hall–Kier alpha value is -2.29. The highest BCUT2D eigenvalue weighted by Gasteiger charge is 2.47. The Morgan fingerprint density at radius 3 is 2.43 bits per heavy atom. The number of carbonyl (C=O) groups is 2. The number of alkyl halides is 3. The van der Waals surface area contributed by atoms with Gasteiger partial charge in [0.2, 0.25) is 11.8 Å². The summed E-state index contributed by atoms with van der Waals surface area (Å²) in [5.41, 5.74) is -2.32. The number of hydrogen-bond acceptors (Lipinski definition) is 5. The first-order chi connectivity index (χ1) is 17.2. The molecular weight excluding hydrogens is 520 g/mol. The molecule has 2 amide bonds. The Morgan fingerprint density at radius 1 is 1.14 bits per heavy atom. The van der Waals surface area contributed by atoms with Crippen molar-refractivity contribution >= 4 is 22.0 Å². The lowest BCUT2D eigenvalue weighted by molar-refractivity contribution is -0.142. The van der Waals surface area contributed by atoms with Crippen LogP contribution in [-0.2, 0) is 32.5 Å². The molecule has 0 spiro atoms. The van der Waals surface area contributed by atoms with E-state index in [9.17, 15) is 40.7 Å². The summed E-state index contributed by atoms with van der Waals surface area (Å²) in [6, 6.07) is 1.24. The third kappa shape index (κ3) is 5.91. The molecule has 3 aliphatic heterocycles. The molecule has 206 valence electrons. The maximum absolute atomic E-state index is 14.1. The van der Waals surface area contributed by atoms with Crippen LogP contribution < -0.4 is 5.32 Å². The van der Waals surface area contributed by atoms with Gasteiger partial charge in [-0.15, -0.1) is 0 Å². The summed E-state index contributed by atoms with van der Waals surface area (Å²) < 4.78 is 80.6. The third-order valence-corrected chi connectivity index (χ3v) is 8.99. The maximum atomic E-state index is 14.1. The van der Waals surface area contributed by atoms with Crippen molar-refractivity contribution in [3.63, 3.8) is 0 Å². The Labute approximate surface area is 212 Å². The van der Waals surface area contributed by atoms with E-state index in [1.54, 1.807) is 6.92 Å². The second-order valence-electron chi connectivity index (χ2n) is 10.2. The number of benzene rings is 1. The summed E-state index contributed by atoms with van der Waals surface area (Å²) in [7, 11) is -3.82. The third-order valence-electron chi connectivity index (χ3n) is 7.09. The minimum absolute atomic E-state index is 0.0155. The highest BCUT2D eigenvalue weighted by Crippen LogP contribution is 2.31. The van der Waals surface area contributed by atoms with Crippen molar-refractivity contribution in [2.24, 2.45) is 5.92 Å². The van der Waals surface area contributed by atoms with Crippen LogP contribution in [0.5, 0.6) is 0 Å². The van der Waals surface area contributed by atoms with Gasteiger partial charge in [0.05, 0.1) is 17.1 Å². The minimum Gasteiger partial charge on any atom is -0.387 e. The van der Waals surface area contributed by atoms with E-state index in [2.05, 4.69) is 5.32 Å². The number of amides is 2. The number of halogens is 4. The SMILES string of the molecule is CC1(O)CN(S(=O)(=O)N2CCC[C@H](C(=O)N3CCC[C@@H]3C(=O)NCc3ccc(C(F)(F)F)cc3F)C2)C1. The summed E-state index contributed by atoms with van der Waals surface area (Å²) in [4.78, 5) is 27.5. The van der Waals surface area contributed by atoms with Gasteiger partial charge in [0.1, 0.15) is 11.9 Å². The molecule has 37 heavy (non-hydrogen) atoms. The maximum Gasteiger partial charge on any atom is 0.416 e. The van der Waals surface area contributed by atoms with Gasteiger partial charge in [0, 0.05) is 44.8 Å². The predicted octanol–water partition coefficient (Wildman–Crippen LogP) is 1.48. The van der Waals surface area contributed by atoms with Crippen LogP contribution >= 0.6 is 0 Å². The molecular formula is C23H30F4N4O5S. The van der Waals surface area contributed by atoms with E-state index in [1.165, 1.54) is 13.5 Å². The topological polar surface area (TPSA) is 110 Å². The van der Waals surface area contributed by atoms with E-state index in [1.807, 2.05) is 0 Å². The number of aliphatic hydroxyl groups is 1. The van der Waals surface area contributed by atoms with E-state index in [0.29, 0.717) is 38.3 Å². The van der Waals surface area contributed by atoms with Gasteiger partial charge in [-0.1, -0.05) is 6.07 Å². The molecule has 0 aliphatic carbocycles. The van der Waals surface area contributed by atoms with Crippen LogP contribution in [-0.4, -0.2) is 83.2 Å². The van der Waals surface area contributed by atoms with Gasteiger partial charge < -0.3 is 15.3 Å². The molecule has 3 aliphatic rings. The molecule has 0 unspecified atom stereocenters. The van der Waals surface area contributed by atoms with Gasteiger partial charge in [0.25, 0.3) is 10.2 Å². The van der Waals surface area contributed by atoms with E-state index < -0.39 is 51.2 Å². The number of nitrogens with one attached hydrogen (secondary N) is 1. The van der Waals surface area contributed by atoms with Crippen molar-refractivity contribution < 1.29 is 40.7 Å². The average molecular weight is 551 g/mol. The fourth-order valence-corrected chi connectivity index (χ4v) is 7.04. The lowest BCUT2D eigenvalue weighted by atomic mass is 9.97. The molecule has 0 radical (unpaired) electrons. The summed E-state index contributed by atoms with van der Waals surface area (Å²) >= 11 is 0. The molecule has 14 heteroatoms. The number of nitrogens with zero attached hydrogens (tertiary/aromatic N) is 3. The molecule has 3 heterocycles. The van der Waals surface area contributed by atoms with Gasteiger partial charge >= 0.3 is 6.18 Å². The molecule has 0 saturated carbocycles. The van der Waals surface area contributed by atoms with E-state index >= 15 is 0 Å². The molecule has 0 bridgehead atoms. The molecule has 0 aromatic heterocycles. The van der Waals surface area contributed by atoms with Gasteiger partial charge in [-0.3, -0.25) is 9.59 Å². The van der Waals surface area contributed by atoms with Crippen molar-refractivity contribution in [1.29, 1.82) is 0 Å². The van der Waals surface area contributed by atoms with Crippen molar-refractivity contribution in [2.75, 3.05) is 32.7 Å². The zero-order valence-electron chi connectivity index (χ0n) is 20.3. The predicted molar refractivity (Wildman–Crippen MR) is 123 cm³/mol. The number of rotatable bonds is 6. The van der Waals surface area contributed by atoms with Gasteiger partial charge in [-0.05, 0) is 44.7 Å². The number of likely N-dealkylation sites (tertiary alicyclic amines) is 1. The van der Waals surface area contributed by atoms with Crippen LogP contribution in [0.3, 0.4) is 0 Å². The molecule has 2 N–H and O–H groups in total. The van der Waals surface area contributed by atoms with Crippen LogP contribution in [0.2, 0.25) is 0 Å². The first-order valence-corrected chi connectivity index (χ1v) is 13.5. The van der Waals surface area contributed by atoms with Crippen molar-refractivity contribution in [3.05, 3.63) is 35.1 Å². The second-order valence-corrected chi connectivity index (χ2v) is 12.1. The number of piperidine rings is 1. The molecule has 1 aromatic rings. The average Bonchev–Trinajstić information content (AvgIpc) is 3.30. The van der Waals surface area contributed by atoms with Crippen LogP contribution in [0.25, 0.3) is 0 Å². The second kappa shape index (κ2) is 10.1. The first kappa shape index (κ1) is 27.7.